The van der Waals surface area contributed by atoms with E-state index < -0.39 is 0 Å². The summed E-state index contributed by atoms with van der Waals surface area (Å²) in [6.07, 6.45) is 0. The fourth-order valence-electron chi connectivity index (χ4n) is 7.56. The van der Waals surface area contributed by atoms with Gasteiger partial charge in [-0.1, -0.05) is 92.7 Å². The van der Waals surface area contributed by atoms with E-state index in [0.717, 1.165) is 5.39 Å². The zero-order valence-corrected chi connectivity index (χ0v) is 22.4. The first-order valence-corrected chi connectivity index (χ1v) is 14.0. The van der Waals surface area contributed by atoms with Crippen LogP contribution in [-0.4, -0.2) is 5.11 Å². The van der Waals surface area contributed by atoms with Crippen LogP contribution in [-0.2, 0) is 5.41 Å². The molecule has 40 heavy (non-hydrogen) atoms. The summed E-state index contributed by atoms with van der Waals surface area (Å²) in [7, 11) is 0. The molecule has 0 radical (unpaired) electrons. The quantitative estimate of drug-likeness (QED) is 0.201. The summed E-state index contributed by atoms with van der Waals surface area (Å²) in [5.41, 5.74) is 5.27. The molecule has 8 aromatic carbocycles. The Bertz CT molecular complexity index is 2410. The molecule has 0 bridgehead atoms. The van der Waals surface area contributed by atoms with Crippen molar-refractivity contribution in [2.24, 2.45) is 0 Å². The second-order valence-electron chi connectivity index (χ2n) is 11.9. The van der Waals surface area contributed by atoms with E-state index in [9.17, 15) is 5.11 Å². The van der Waals surface area contributed by atoms with E-state index in [-0.39, 0.29) is 5.41 Å². The average molecular weight is 511 g/mol. The number of phenolic OH excluding ortho intramolecular Hbond substituents is 1. The maximum absolute atomic E-state index is 10.4. The summed E-state index contributed by atoms with van der Waals surface area (Å²) < 4.78 is 0. The Kier molecular flexibility index (Phi) is 4.07. The number of hydrogen-bond donors (Lipinski definition) is 1. The largest absolute Gasteiger partial charge is 0.508 e. The smallest absolute Gasteiger partial charge is 0.116 e. The second-order valence-corrected chi connectivity index (χ2v) is 11.9. The first kappa shape index (κ1) is 22.0. The van der Waals surface area contributed by atoms with Crippen LogP contribution in [0, 0.1) is 0 Å². The van der Waals surface area contributed by atoms with Crippen LogP contribution >= 0.6 is 0 Å². The SMILES string of the molecule is CC1(C)c2cc3c4ccccc4c4ccccc4c3cc2-c2cc3c4ccccc4c4cc(O)ccc4c3cc21. The zero-order chi connectivity index (χ0) is 26.7. The average Bonchev–Trinajstić information content (AvgIpc) is 3.21. The third-order valence-electron chi connectivity index (χ3n) is 9.48. The van der Waals surface area contributed by atoms with Crippen LogP contribution in [0.15, 0.2) is 115 Å². The molecule has 1 heteroatoms. The van der Waals surface area contributed by atoms with Gasteiger partial charge in [0.2, 0.25) is 0 Å². The lowest BCUT2D eigenvalue weighted by molar-refractivity contribution is 0.476. The van der Waals surface area contributed by atoms with Crippen LogP contribution in [0.4, 0.5) is 0 Å². The maximum atomic E-state index is 10.4. The molecule has 0 saturated carbocycles. The van der Waals surface area contributed by atoms with Crippen LogP contribution in [0.3, 0.4) is 0 Å². The number of benzene rings is 8. The number of phenols is 1. The molecule has 0 unspecified atom stereocenters. The van der Waals surface area contributed by atoms with E-state index in [1.165, 1.54) is 81.5 Å². The minimum Gasteiger partial charge on any atom is -0.508 e. The molecule has 0 spiro atoms. The van der Waals surface area contributed by atoms with Gasteiger partial charge in [0.1, 0.15) is 5.75 Å². The molecule has 0 heterocycles. The van der Waals surface area contributed by atoms with Crippen LogP contribution in [0.5, 0.6) is 5.75 Å². The fraction of sp³-hybridized carbons (Fsp3) is 0.0769. The van der Waals surface area contributed by atoms with Crippen LogP contribution in [0.25, 0.3) is 75.8 Å². The lowest BCUT2D eigenvalue weighted by Gasteiger charge is -2.23. The lowest BCUT2D eigenvalue weighted by Crippen LogP contribution is -2.15. The van der Waals surface area contributed by atoms with E-state index in [1.54, 1.807) is 0 Å². The lowest BCUT2D eigenvalue weighted by atomic mass is 9.80. The van der Waals surface area contributed by atoms with Gasteiger partial charge >= 0.3 is 0 Å². The predicted molar refractivity (Wildman–Crippen MR) is 171 cm³/mol. The van der Waals surface area contributed by atoms with Crippen molar-refractivity contribution in [2.75, 3.05) is 0 Å². The highest BCUT2D eigenvalue weighted by Gasteiger charge is 2.36. The molecule has 0 amide bonds. The van der Waals surface area contributed by atoms with Gasteiger partial charge in [0, 0.05) is 5.41 Å². The van der Waals surface area contributed by atoms with Crippen LogP contribution in [0.1, 0.15) is 25.0 Å². The highest BCUT2D eigenvalue weighted by molar-refractivity contribution is 6.28. The molecule has 188 valence electrons. The summed E-state index contributed by atoms with van der Waals surface area (Å²) in [6, 6.07) is 41.8. The van der Waals surface area contributed by atoms with Gasteiger partial charge in [-0.3, -0.25) is 0 Å². The first-order valence-electron chi connectivity index (χ1n) is 14.0. The molecule has 1 nitrogen and oxygen atoms in total. The minimum absolute atomic E-state index is 0.144. The third kappa shape index (κ3) is 2.67. The zero-order valence-electron chi connectivity index (χ0n) is 22.4. The van der Waals surface area contributed by atoms with Crippen molar-refractivity contribution in [1.29, 1.82) is 0 Å². The number of fused-ring (bicyclic) bond motifs is 15. The molecule has 1 aliphatic rings. The fourth-order valence-corrected chi connectivity index (χ4v) is 7.56. The minimum atomic E-state index is -0.144. The number of aromatic hydroxyl groups is 1. The van der Waals surface area contributed by atoms with Crippen molar-refractivity contribution in [3.63, 3.8) is 0 Å². The molecule has 9 rings (SSSR count). The monoisotopic (exact) mass is 510 g/mol. The van der Waals surface area contributed by atoms with Crippen molar-refractivity contribution in [3.8, 4) is 16.9 Å². The molecule has 0 saturated heterocycles. The Morgan fingerprint density at radius 3 is 1.12 bits per heavy atom. The highest BCUT2D eigenvalue weighted by Crippen LogP contribution is 2.53. The molecular weight excluding hydrogens is 484 g/mol. The second kappa shape index (κ2) is 7.40. The number of rotatable bonds is 0. The van der Waals surface area contributed by atoms with Crippen molar-refractivity contribution in [2.45, 2.75) is 19.3 Å². The Morgan fingerprint density at radius 2 is 0.700 bits per heavy atom. The van der Waals surface area contributed by atoms with Crippen molar-refractivity contribution in [1.82, 2.24) is 0 Å². The van der Waals surface area contributed by atoms with E-state index >= 15 is 0 Å². The number of hydrogen-bond acceptors (Lipinski definition) is 1. The van der Waals surface area contributed by atoms with Crippen LogP contribution in [0.2, 0.25) is 0 Å². The van der Waals surface area contributed by atoms with Crippen molar-refractivity contribution < 1.29 is 5.11 Å². The first-order chi connectivity index (χ1) is 19.5. The van der Waals surface area contributed by atoms with Crippen LogP contribution < -0.4 is 0 Å². The molecule has 0 fully saturated rings. The predicted octanol–water partition coefficient (Wildman–Crippen LogP) is 10.6. The summed E-state index contributed by atoms with van der Waals surface area (Å²) in [5.74, 6) is 0.303. The molecule has 1 N–H and O–H groups in total. The summed E-state index contributed by atoms with van der Waals surface area (Å²) in [4.78, 5) is 0. The van der Waals surface area contributed by atoms with Gasteiger partial charge in [-0.05, 0) is 123 Å². The van der Waals surface area contributed by atoms with E-state index in [2.05, 4.69) is 117 Å². The van der Waals surface area contributed by atoms with E-state index in [4.69, 9.17) is 0 Å². The maximum Gasteiger partial charge on any atom is 0.116 e. The van der Waals surface area contributed by atoms with Gasteiger partial charge in [-0.25, -0.2) is 0 Å². The van der Waals surface area contributed by atoms with Gasteiger partial charge in [-0.2, -0.15) is 0 Å². The molecule has 0 atom stereocenters. The Morgan fingerprint density at radius 1 is 0.375 bits per heavy atom. The topological polar surface area (TPSA) is 20.2 Å². The van der Waals surface area contributed by atoms with Gasteiger partial charge in [0.05, 0.1) is 0 Å². The van der Waals surface area contributed by atoms with E-state index in [1.807, 2.05) is 12.1 Å². The van der Waals surface area contributed by atoms with Gasteiger partial charge in [-0.15, -0.1) is 0 Å². The Labute approximate surface area is 231 Å². The van der Waals surface area contributed by atoms with Gasteiger partial charge in [0.25, 0.3) is 0 Å². The van der Waals surface area contributed by atoms with E-state index in [0.29, 0.717) is 5.75 Å². The highest BCUT2D eigenvalue weighted by atomic mass is 16.3. The molecule has 0 aromatic heterocycles. The molecular formula is C39H26O. The molecule has 1 aliphatic carbocycles. The summed E-state index contributed by atoms with van der Waals surface area (Å²) in [6.45, 7) is 4.74. The van der Waals surface area contributed by atoms with Gasteiger partial charge < -0.3 is 5.11 Å². The van der Waals surface area contributed by atoms with Gasteiger partial charge in [0.15, 0.2) is 0 Å². The van der Waals surface area contributed by atoms with Crippen molar-refractivity contribution in [3.05, 3.63) is 126 Å². The Hall–Kier alpha value is -4.88. The normalized spacial score (nSPS) is 14.1. The summed E-state index contributed by atoms with van der Waals surface area (Å²) in [5, 5.41) is 25.4. The third-order valence-corrected chi connectivity index (χ3v) is 9.48. The molecule has 0 aliphatic heterocycles. The summed E-state index contributed by atoms with van der Waals surface area (Å²) >= 11 is 0. The Balaban J connectivity index is 1.46. The standard InChI is InChI=1S/C39H26O/c1-39(2)37-20-33-26-12-6-4-10-24(26)23-9-3-5-11-25(23)31(33)18-35(37)36-19-32-28-14-8-7-13-27(28)30-17-22(40)15-16-29(30)34(32)21-38(36)39/h3-21,40H,1-2H3. The molecule has 8 aromatic rings. The van der Waals surface area contributed by atoms with Crippen molar-refractivity contribution >= 4 is 64.6 Å².